The van der Waals surface area contributed by atoms with Crippen LogP contribution in [0.4, 0.5) is 0 Å². The molecule has 1 N–H and O–H groups in total. The van der Waals surface area contributed by atoms with Crippen LogP contribution in [0.25, 0.3) is 0 Å². The fraction of sp³-hybridized carbons (Fsp3) is 0.400. The average Bonchev–Trinajstić information content (AvgIpc) is 2.40. The van der Waals surface area contributed by atoms with Crippen molar-refractivity contribution in [3.8, 4) is 0 Å². The van der Waals surface area contributed by atoms with Crippen molar-refractivity contribution >= 4 is 21.8 Å². The van der Waals surface area contributed by atoms with E-state index in [2.05, 4.69) is 34.4 Å². The molecule has 0 saturated carbocycles. The van der Waals surface area contributed by atoms with Gasteiger partial charge in [-0.1, -0.05) is 29.1 Å². The van der Waals surface area contributed by atoms with E-state index in [-0.39, 0.29) is 5.91 Å². The van der Waals surface area contributed by atoms with Gasteiger partial charge in [0, 0.05) is 17.1 Å². The van der Waals surface area contributed by atoms with Crippen molar-refractivity contribution in [3.05, 3.63) is 48.4 Å². The van der Waals surface area contributed by atoms with Crippen LogP contribution in [0, 0.1) is 0 Å². The molecule has 0 atom stereocenters. The molecular formula is C15H22BrNO2. The van der Waals surface area contributed by atoms with Crippen LogP contribution in [0.1, 0.15) is 26.7 Å². The van der Waals surface area contributed by atoms with Crippen molar-refractivity contribution in [3.63, 3.8) is 0 Å². The first-order valence-corrected chi connectivity index (χ1v) is 7.33. The summed E-state index contributed by atoms with van der Waals surface area (Å²) in [6.45, 7) is 11.6. The van der Waals surface area contributed by atoms with Gasteiger partial charge in [-0.05, 0) is 44.4 Å². The molecule has 0 aliphatic heterocycles. The van der Waals surface area contributed by atoms with Crippen LogP contribution in [0.15, 0.2) is 48.4 Å². The lowest BCUT2D eigenvalue weighted by Gasteiger charge is -2.11. The predicted molar refractivity (Wildman–Crippen MR) is 84.0 cm³/mol. The summed E-state index contributed by atoms with van der Waals surface area (Å²) in [5.41, 5.74) is 1.40. The molecule has 4 heteroatoms. The Balaban J connectivity index is 4.64. The van der Waals surface area contributed by atoms with Gasteiger partial charge < -0.3 is 10.1 Å². The molecule has 0 bridgehead atoms. The number of hydrogen-bond donors (Lipinski definition) is 1. The Hall–Kier alpha value is -1.29. The lowest BCUT2D eigenvalue weighted by atomic mass is 10.2. The summed E-state index contributed by atoms with van der Waals surface area (Å²) in [5, 5.41) is 3.68. The van der Waals surface area contributed by atoms with E-state index in [0.29, 0.717) is 12.3 Å². The molecule has 1 amide bonds. The van der Waals surface area contributed by atoms with Gasteiger partial charge in [0.1, 0.15) is 5.76 Å². The molecule has 0 fully saturated rings. The summed E-state index contributed by atoms with van der Waals surface area (Å²) >= 11 is 3.38. The summed E-state index contributed by atoms with van der Waals surface area (Å²) in [5.74, 6) is 0.459. The van der Waals surface area contributed by atoms with Crippen LogP contribution in [-0.2, 0) is 9.53 Å². The molecule has 19 heavy (non-hydrogen) atoms. The summed E-state index contributed by atoms with van der Waals surface area (Å²) in [7, 11) is 0. The predicted octanol–water partition coefficient (Wildman–Crippen LogP) is 3.84. The SMILES string of the molecule is C=CC(=O)N/C(=C/C(=C\C)OCCCCBr)C(=C)C. The number of nitrogens with one attached hydrogen (secondary N) is 1. The summed E-state index contributed by atoms with van der Waals surface area (Å²) in [6.07, 6.45) is 6.91. The van der Waals surface area contributed by atoms with Crippen molar-refractivity contribution in [1.82, 2.24) is 5.32 Å². The zero-order chi connectivity index (χ0) is 14.7. The number of carbonyl (C=O) groups excluding carboxylic acids is 1. The minimum absolute atomic E-state index is 0.260. The first-order valence-electron chi connectivity index (χ1n) is 6.21. The van der Waals surface area contributed by atoms with Crippen LogP contribution in [0.5, 0.6) is 0 Å². The number of amides is 1. The molecule has 0 aromatic rings. The molecule has 0 aliphatic carbocycles. The molecule has 0 rings (SSSR count). The second-order valence-electron chi connectivity index (χ2n) is 3.97. The Morgan fingerprint density at radius 3 is 2.58 bits per heavy atom. The Morgan fingerprint density at radius 2 is 2.11 bits per heavy atom. The molecule has 0 unspecified atom stereocenters. The van der Waals surface area contributed by atoms with Crippen LogP contribution < -0.4 is 5.32 Å². The average molecular weight is 328 g/mol. The maximum atomic E-state index is 11.3. The number of halogens is 1. The van der Waals surface area contributed by atoms with Gasteiger partial charge in [-0.15, -0.1) is 0 Å². The van der Waals surface area contributed by atoms with Gasteiger partial charge in [0.25, 0.3) is 0 Å². The molecule has 0 heterocycles. The Kier molecular flexibility index (Phi) is 9.90. The van der Waals surface area contributed by atoms with Crippen LogP contribution in [0.3, 0.4) is 0 Å². The Morgan fingerprint density at radius 1 is 1.42 bits per heavy atom. The lowest BCUT2D eigenvalue weighted by molar-refractivity contribution is -0.115. The highest BCUT2D eigenvalue weighted by molar-refractivity contribution is 9.09. The standard InChI is InChI=1S/C15H22BrNO2/c1-5-13(19-10-8-7-9-16)11-14(12(3)4)17-15(18)6-2/h5-6,11H,2-3,7-10H2,1,4H3,(H,17,18)/b13-5+,14-11+. The largest absolute Gasteiger partial charge is 0.494 e. The minimum Gasteiger partial charge on any atom is -0.494 e. The number of rotatable bonds is 9. The van der Waals surface area contributed by atoms with Crippen molar-refractivity contribution in [2.45, 2.75) is 26.7 Å². The number of hydrogen-bond acceptors (Lipinski definition) is 2. The van der Waals surface area contributed by atoms with Crippen molar-refractivity contribution < 1.29 is 9.53 Å². The van der Waals surface area contributed by atoms with Gasteiger partial charge in [0.15, 0.2) is 0 Å². The number of alkyl halides is 1. The van der Waals surface area contributed by atoms with Gasteiger partial charge in [0.05, 0.1) is 6.61 Å². The lowest BCUT2D eigenvalue weighted by Crippen LogP contribution is -2.21. The topological polar surface area (TPSA) is 38.3 Å². The fourth-order valence-electron chi connectivity index (χ4n) is 1.19. The van der Waals surface area contributed by atoms with Crippen molar-refractivity contribution in [1.29, 1.82) is 0 Å². The molecule has 0 saturated heterocycles. The third-order valence-corrected chi connectivity index (χ3v) is 2.83. The third-order valence-electron chi connectivity index (χ3n) is 2.27. The molecule has 0 aromatic heterocycles. The van der Waals surface area contributed by atoms with Crippen LogP contribution >= 0.6 is 15.9 Å². The smallest absolute Gasteiger partial charge is 0.247 e. The van der Waals surface area contributed by atoms with Gasteiger partial charge in [-0.3, -0.25) is 4.79 Å². The first-order chi connectivity index (χ1) is 9.04. The molecule has 3 nitrogen and oxygen atoms in total. The van der Waals surface area contributed by atoms with E-state index in [1.165, 1.54) is 6.08 Å². The van der Waals surface area contributed by atoms with E-state index in [0.717, 1.165) is 29.5 Å². The maximum absolute atomic E-state index is 11.3. The molecule has 0 spiro atoms. The first kappa shape index (κ1) is 17.7. The second-order valence-corrected chi connectivity index (χ2v) is 4.76. The van der Waals surface area contributed by atoms with E-state index < -0.39 is 0 Å². The molecule has 0 radical (unpaired) electrons. The highest BCUT2D eigenvalue weighted by Crippen LogP contribution is 2.10. The molecule has 106 valence electrons. The zero-order valence-corrected chi connectivity index (χ0v) is 13.3. The van der Waals surface area contributed by atoms with E-state index >= 15 is 0 Å². The van der Waals surface area contributed by atoms with Gasteiger partial charge in [0.2, 0.25) is 5.91 Å². The van der Waals surface area contributed by atoms with Crippen LogP contribution in [0.2, 0.25) is 0 Å². The monoisotopic (exact) mass is 327 g/mol. The second kappa shape index (κ2) is 10.6. The Labute approximate surface area is 124 Å². The molecule has 0 aromatic carbocycles. The van der Waals surface area contributed by atoms with E-state index in [9.17, 15) is 4.79 Å². The highest BCUT2D eigenvalue weighted by Gasteiger charge is 2.04. The highest BCUT2D eigenvalue weighted by atomic mass is 79.9. The normalized spacial score (nSPS) is 11.9. The number of carbonyl (C=O) groups is 1. The summed E-state index contributed by atoms with van der Waals surface area (Å²) in [4.78, 5) is 11.3. The van der Waals surface area contributed by atoms with Gasteiger partial charge in [-0.25, -0.2) is 0 Å². The number of allylic oxidation sites excluding steroid dienone is 3. The van der Waals surface area contributed by atoms with Gasteiger partial charge >= 0.3 is 0 Å². The Bertz CT molecular complexity index is 384. The fourth-order valence-corrected chi connectivity index (χ4v) is 1.58. The van der Waals surface area contributed by atoms with E-state index in [4.69, 9.17) is 4.74 Å². The summed E-state index contributed by atoms with van der Waals surface area (Å²) in [6, 6.07) is 0. The zero-order valence-electron chi connectivity index (χ0n) is 11.7. The molecular weight excluding hydrogens is 306 g/mol. The summed E-state index contributed by atoms with van der Waals surface area (Å²) < 4.78 is 5.63. The van der Waals surface area contributed by atoms with Gasteiger partial charge in [-0.2, -0.15) is 0 Å². The maximum Gasteiger partial charge on any atom is 0.247 e. The van der Waals surface area contributed by atoms with E-state index in [1.807, 2.05) is 19.9 Å². The minimum atomic E-state index is -0.260. The van der Waals surface area contributed by atoms with Crippen molar-refractivity contribution in [2.24, 2.45) is 0 Å². The van der Waals surface area contributed by atoms with Crippen LogP contribution in [-0.4, -0.2) is 17.8 Å². The van der Waals surface area contributed by atoms with E-state index in [1.54, 1.807) is 6.08 Å². The quantitative estimate of drug-likeness (QED) is 0.230. The third kappa shape index (κ3) is 8.43. The molecule has 0 aliphatic rings. The van der Waals surface area contributed by atoms with Crippen molar-refractivity contribution in [2.75, 3.05) is 11.9 Å². The number of unbranched alkanes of at least 4 members (excludes halogenated alkanes) is 1. The number of ether oxygens (including phenoxy) is 1.